The highest BCUT2D eigenvalue weighted by Gasteiger charge is 2.19. The second-order valence-corrected chi connectivity index (χ2v) is 5.01. The molecule has 4 nitrogen and oxygen atoms in total. The van der Waals surface area contributed by atoms with Gasteiger partial charge in [0.05, 0.1) is 18.4 Å². The van der Waals surface area contributed by atoms with Crippen molar-refractivity contribution < 1.29 is 4.74 Å². The molecule has 0 amide bonds. The SMILES string of the molecule is CCCNCc1cccc(N2CCOC(CC)C2)n1. The fourth-order valence-corrected chi connectivity index (χ4v) is 2.31. The Labute approximate surface area is 116 Å². The van der Waals surface area contributed by atoms with Crippen LogP contribution < -0.4 is 10.2 Å². The van der Waals surface area contributed by atoms with Gasteiger partial charge in [-0.05, 0) is 31.5 Å². The van der Waals surface area contributed by atoms with Crippen molar-refractivity contribution in [2.24, 2.45) is 0 Å². The summed E-state index contributed by atoms with van der Waals surface area (Å²) in [7, 11) is 0. The molecule has 1 saturated heterocycles. The number of anilines is 1. The number of hydrogen-bond acceptors (Lipinski definition) is 4. The highest BCUT2D eigenvalue weighted by Crippen LogP contribution is 2.17. The second-order valence-electron chi connectivity index (χ2n) is 5.01. The molecule has 1 aliphatic heterocycles. The first-order chi connectivity index (χ1) is 9.33. The Bertz CT molecular complexity index is 383. The van der Waals surface area contributed by atoms with Crippen LogP contribution in [0.1, 0.15) is 32.4 Å². The number of pyridine rings is 1. The molecule has 19 heavy (non-hydrogen) atoms. The van der Waals surface area contributed by atoms with Crippen LogP contribution in [-0.2, 0) is 11.3 Å². The zero-order valence-electron chi connectivity index (χ0n) is 12.1. The minimum absolute atomic E-state index is 0.345. The quantitative estimate of drug-likeness (QED) is 0.798. The standard InChI is InChI=1S/C15H25N3O/c1-3-8-16-11-13-6-5-7-15(17-13)18-9-10-19-14(4-2)12-18/h5-7,14,16H,3-4,8-12H2,1-2H3. The molecule has 1 N–H and O–H groups in total. The average molecular weight is 263 g/mol. The van der Waals surface area contributed by atoms with E-state index < -0.39 is 0 Å². The third-order valence-electron chi connectivity index (χ3n) is 3.44. The molecule has 0 bridgehead atoms. The lowest BCUT2D eigenvalue weighted by atomic mass is 10.2. The Kier molecular flexibility index (Phi) is 5.61. The number of hydrogen-bond donors (Lipinski definition) is 1. The lowest BCUT2D eigenvalue weighted by Gasteiger charge is -2.33. The second kappa shape index (κ2) is 7.46. The van der Waals surface area contributed by atoms with Crippen LogP contribution in [0.15, 0.2) is 18.2 Å². The minimum atomic E-state index is 0.345. The zero-order chi connectivity index (χ0) is 13.5. The summed E-state index contributed by atoms with van der Waals surface area (Å²) in [5.74, 6) is 1.08. The third kappa shape index (κ3) is 4.18. The monoisotopic (exact) mass is 263 g/mol. The first-order valence-electron chi connectivity index (χ1n) is 7.36. The lowest BCUT2D eigenvalue weighted by molar-refractivity contribution is 0.0381. The molecule has 0 saturated carbocycles. The minimum Gasteiger partial charge on any atom is -0.375 e. The topological polar surface area (TPSA) is 37.4 Å². The van der Waals surface area contributed by atoms with Gasteiger partial charge >= 0.3 is 0 Å². The number of rotatable bonds is 6. The molecule has 1 atom stereocenters. The summed E-state index contributed by atoms with van der Waals surface area (Å²) >= 11 is 0. The summed E-state index contributed by atoms with van der Waals surface area (Å²) < 4.78 is 5.71. The predicted octanol–water partition coefficient (Wildman–Crippen LogP) is 2.20. The van der Waals surface area contributed by atoms with Crippen molar-refractivity contribution in [1.82, 2.24) is 10.3 Å². The first kappa shape index (κ1) is 14.3. The molecule has 4 heteroatoms. The maximum absolute atomic E-state index is 5.71. The molecule has 0 aromatic carbocycles. The summed E-state index contributed by atoms with van der Waals surface area (Å²) in [4.78, 5) is 7.08. The third-order valence-corrected chi connectivity index (χ3v) is 3.44. The van der Waals surface area contributed by atoms with Gasteiger partial charge in [0.1, 0.15) is 5.82 Å². The van der Waals surface area contributed by atoms with Gasteiger partial charge < -0.3 is 15.0 Å². The largest absolute Gasteiger partial charge is 0.375 e. The van der Waals surface area contributed by atoms with Gasteiger partial charge in [-0.1, -0.05) is 19.9 Å². The van der Waals surface area contributed by atoms with E-state index in [0.717, 1.165) is 57.1 Å². The molecule has 2 heterocycles. The number of aromatic nitrogens is 1. The highest BCUT2D eigenvalue weighted by molar-refractivity contribution is 5.39. The maximum atomic E-state index is 5.71. The van der Waals surface area contributed by atoms with Gasteiger partial charge in [0.25, 0.3) is 0 Å². The van der Waals surface area contributed by atoms with Gasteiger partial charge in [0.2, 0.25) is 0 Å². The van der Waals surface area contributed by atoms with Gasteiger partial charge in [-0.15, -0.1) is 0 Å². The Hall–Kier alpha value is -1.13. The van der Waals surface area contributed by atoms with Gasteiger partial charge in [-0.3, -0.25) is 0 Å². The number of nitrogens with one attached hydrogen (secondary N) is 1. The van der Waals surface area contributed by atoms with E-state index in [1.807, 2.05) is 0 Å². The van der Waals surface area contributed by atoms with Crippen molar-refractivity contribution in [1.29, 1.82) is 0 Å². The number of ether oxygens (including phenoxy) is 1. The molecule has 1 unspecified atom stereocenters. The van der Waals surface area contributed by atoms with Crippen LogP contribution in [0.5, 0.6) is 0 Å². The van der Waals surface area contributed by atoms with Gasteiger partial charge in [-0.25, -0.2) is 4.98 Å². The van der Waals surface area contributed by atoms with E-state index in [9.17, 15) is 0 Å². The van der Waals surface area contributed by atoms with Crippen LogP contribution in [0.2, 0.25) is 0 Å². The van der Waals surface area contributed by atoms with Crippen molar-refractivity contribution in [2.75, 3.05) is 31.1 Å². The normalized spacial score (nSPS) is 19.7. The smallest absolute Gasteiger partial charge is 0.129 e. The molecule has 2 rings (SSSR count). The van der Waals surface area contributed by atoms with E-state index in [1.165, 1.54) is 0 Å². The van der Waals surface area contributed by atoms with E-state index in [1.54, 1.807) is 0 Å². The fraction of sp³-hybridized carbons (Fsp3) is 0.667. The number of nitrogens with zero attached hydrogens (tertiary/aromatic N) is 2. The van der Waals surface area contributed by atoms with Crippen molar-refractivity contribution in [3.05, 3.63) is 23.9 Å². The lowest BCUT2D eigenvalue weighted by Crippen LogP contribution is -2.42. The molecule has 106 valence electrons. The molecular weight excluding hydrogens is 238 g/mol. The van der Waals surface area contributed by atoms with Gasteiger partial charge in [-0.2, -0.15) is 0 Å². The molecule has 1 aromatic rings. The summed E-state index contributed by atoms with van der Waals surface area (Å²) in [5, 5.41) is 3.40. The first-order valence-corrected chi connectivity index (χ1v) is 7.36. The van der Waals surface area contributed by atoms with Crippen molar-refractivity contribution in [3.8, 4) is 0 Å². The Morgan fingerprint density at radius 2 is 2.32 bits per heavy atom. The average Bonchev–Trinajstić information content (AvgIpc) is 2.48. The van der Waals surface area contributed by atoms with Crippen LogP contribution in [-0.4, -0.2) is 37.3 Å². The van der Waals surface area contributed by atoms with E-state index in [4.69, 9.17) is 9.72 Å². The van der Waals surface area contributed by atoms with E-state index in [-0.39, 0.29) is 0 Å². The molecule has 0 spiro atoms. The van der Waals surface area contributed by atoms with E-state index in [0.29, 0.717) is 6.10 Å². The van der Waals surface area contributed by atoms with Gasteiger partial charge in [0.15, 0.2) is 0 Å². The Balaban J connectivity index is 1.97. The van der Waals surface area contributed by atoms with Crippen molar-refractivity contribution in [3.63, 3.8) is 0 Å². The molecular formula is C15H25N3O. The van der Waals surface area contributed by atoms with E-state index in [2.05, 4.69) is 42.3 Å². The van der Waals surface area contributed by atoms with Crippen LogP contribution in [0.25, 0.3) is 0 Å². The zero-order valence-corrected chi connectivity index (χ0v) is 12.1. The highest BCUT2D eigenvalue weighted by atomic mass is 16.5. The number of morpholine rings is 1. The fourth-order valence-electron chi connectivity index (χ4n) is 2.31. The van der Waals surface area contributed by atoms with Crippen LogP contribution in [0.3, 0.4) is 0 Å². The maximum Gasteiger partial charge on any atom is 0.129 e. The predicted molar refractivity (Wildman–Crippen MR) is 78.5 cm³/mol. The molecule has 1 fully saturated rings. The Morgan fingerprint density at radius 1 is 1.42 bits per heavy atom. The summed E-state index contributed by atoms with van der Waals surface area (Å²) in [5.41, 5.74) is 1.12. The molecule has 1 aliphatic rings. The summed E-state index contributed by atoms with van der Waals surface area (Å²) in [6.45, 7) is 8.94. The summed E-state index contributed by atoms with van der Waals surface area (Å²) in [6, 6.07) is 6.28. The molecule has 0 radical (unpaired) electrons. The molecule has 0 aliphatic carbocycles. The molecule has 1 aromatic heterocycles. The van der Waals surface area contributed by atoms with Crippen molar-refractivity contribution >= 4 is 5.82 Å². The van der Waals surface area contributed by atoms with Crippen LogP contribution in [0.4, 0.5) is 5.82 Å². The summed E-state index contributed by atoms with van der Waals surface area (Å²) in [6.07, 6.45) is 2.56. The van der Waals surface area contributed by atoms with Crippen LogP contribution >= 0.6 is 0 Å². The van der Waals surface area contributed by atoms with E-state index >= 15 is 0 Å². The van der Waals surface area contributed by atoms with Gasteiger partial charge in [0, 0.05) is 19.6 Å². The Morgan fingerprint density at radius 3 is 3.11 bits per heavy atom. The van der Waals surface area contributed by atoms with Crippen molar-refractivity contribution in [2.45, 2.75) is 39.3 Å². The van der Waals surface area contributed by atoms with Crippen LogP contribution in [0, 0.1) is 0 Å².